The number of carbonyl (C=O) groups is 1. The first-order chi connectivity index (χ1) is 21.4. The highest BCUT2D eigenvalue weighted by molar-refractivity contribution is 7.83. The largest absolute Gasteiger partial charge is 0.490 e. The molecule has 0 spiro atoms. The summed E-state index contributed by atoms with van der Waals surface area (Å²) >= 11 is 3.11. The summed E-state index contributed by atoms with van der Waals surface area (Å²) in [6.45, 7) is 5.30. The molecule has 224 valence electrons. The number of ether oxygens (including phenoxy) is 2. The lowest BCUT2D eigenvalue weighted by atomic mass is 9.97. The number of carbonyl (C=O) groups excluding carboxylic acids is 1. The normalized spacial score (nSPS) is 15.8. The number of nitrogens with zero attached hydrogens (tertiary/aromatic N) is 3. The number of aromatic nitrogens is 2. The molecule has 11 heteroatoms. The van der Waals surface area contributed by atoms with Gasteiger partial charge in [0.1, 0.15) is 28.9 Å². The van der Waals surface area contributed by atoms with Crippen molar-refractivity contribution in [2.24, 2.45) is 0 Å². The van der Waals surface area contributed by atoms with E-state index in [9.17, 15) is 13.4 Å². The third-order valence-electron chi connectivity index (χ3n) is 7.90. The van der Waals surface area contributed by atoms with Gasteiger partial charge in [0.2, 0.25) is 5.91 Å². The van der Waals surface area contributed by atoms with Gasteiger partial charge in [0.25, 0.3) is 0 Å². The maximum Gasteiger partial charge on any atom is 0.246 e. The van der Waals surface area contributed by atoms with E-state index in [0.717, 1.165) is 53.6 Å². The maximum absolute atomic E-state index is 14.6. The molecule has 5 aromatic rings. The van der Waals surface area contributed by atoms with Crippen LogP contribution in [0.2, 0.25) is 0 Å². The van der Waals surface area contributed by atoms with E-state index in [1.165, 1.54) is 29.5 Å². The molecular weight excluding hydrogens is 618 g/mol. The molecular formula is C33H28FN3O4S3. The number of pyridine rings is 1. The molecule has 0 aliphatic carbocycles. The van der Waals surface area contributed by atoms with E-state index in [1.54, 1.807) is 29.4 Å². The number of halogens is 1. The Kier molecular flexibility index (Phi) is 7.88. The molecule has 2 aromatic carbocycles. The quantitative estimate of drug-likeness (QED) is 0.137. The number of benzene rings is 2. The molecule has 7 nitrogen and oxygen atoms in total. The lowest BCUT2D eigenvalue weighted by Gasteiger charge is -2.24. The lowest BCUT2D eigenvalue weighted by molar-refractivity contribution is -0.126. The van der Waals surface area contributed by atoms with Gasteiger partial charge in [-0.2, -0.15) is 0 Å². The van der Waals surface area contributed by atoms with E-state index in [4.69, 9.17) is 19.4 Å². The van der Waals surface area contributed by atoms with Crippen LogP contribution < -0.4 is 4.74 Å². The minimum Gasteiger partial charge on any atom is -0.490 e. The molecule has 0 bridgehead atoms. The fraction of sp³-hybridized carbons (Fsp3) is 0.242. The summed E-state index contributed by atoms with van der Waals surface area (Å²) in [5, 5.41) is 3.72. The molecule has 44 heavy (non-hydrogen) atoms. The summed E-state index contributed by atoms with van der Waals surface area (Å²) in [7, 11) is 0.702. The first-order valence-corrected chi connectivity index (χ1v) is 17.3. The highest BCUT2D eigenvalue weighted by Crippen LogP contribution is 2.47. The number of fused-ring (bicyclic) bond motifs is 3. The average Bonchev–Trinajstić information content (AvgIpc) is 3.77. The third-order valence-corrected chi connectivity index (χ3v) is 11.2. The zero-order valence-corrected chi connectivity index (χ0v) is 26.4. The van der Waals surface area contributed by atoms with E-state index < -0.39 is 16.6 Å². The van der Waals surface area contributed by atoms with E-state index in [-0.39, 0.29) is 12.5 Å². The van der Waals surface area contributed by atoms with Gasteiger partial charge in [0, 0.05) is 80.1 Å². The van der Waals surface area contributed by atoms with Gasteiger partial charge in [-0.3, -0.25) is 9.00 Å². The van der Waals surface area contributed by atoms with Crippen molar-refractivity contribution >= 4 is 49.5 Å². The van der Waals surface area contributed by atoms with Gasteiger partial charge < -0.3 is 14.4 Å². The second-order valence-electron chi connectivity index (χ2n) is 10.6. The minimum atomic E-state index is -0.892. The Bertz CT molecular complexity index is 1970. The number of hydrogen-bond acceptors (Lipinski definition) is 8. The van der Waals surface area contributed by atoms with Crippen LogP contribution in [0.5, 0.6) is 5.75 Å². The molecule has 1 atom stereocenters. The molecule has 1 unspecified atom stereocenters. The van der Waals surface area contributed by atoms with Gasteiger partial charge in [-0.1, -0.05) is 18.7 Å². The van der Waals surface area contributed by atoms with Gasteiger partial charge in [0.05, 0.1) is 24.5 Å². The summed E-state index contributed by atoms with van der Waals surface area (Å²) in [5.74, 6) is 1.01. The molecule has 0 N–H and O–H groups in total. The lowest BCUT2D eigenvalue weighted by Crippen LogP contribution is -2.34. The number of hydrogen-bond donors (Lipinski definition) is 0. The predicted octanol–water partition coefficient (Wildman–Crippen LogP) is 6.75. The molecule has 5 heterocycles. The molecule has 3 aromatic heterocycles. The first kappa shape index (κ1) is 29.0. The monoisotopic (exact) mass is 645 g/mol. The molecule has 0 saturated heterocycles. The van der Waals surface area contributed by atoms with Gasteiger partial charge in [-0.05, 0) is 46.8 Å². The fourth-order valence-electron chi connectivity index (χ4n) is 5.77. The average molecular weight is 646 g/mol. The summed E-state index contributed by atoms with van der Waals surface area (Å²) in [5.41, 5.74) is 7.10. The Morgan fingerprint density at radius 1 is 1.11 bits per heavy atom. The van der Waals surface area contributed by atoms with Crippen molar-refractivity contribution in [3.05, 3.63) is 88.0 Å². The van der Waals surface area contributed by atoms with Crippen molar-refractivity contribution in [3.63, 3.8) is 0 Å². The topological polar surface area (TPSA) is 81.6 Å². The molecule has 0 fully saturated rings. The first-order valence-electron chi connectivity index (χ1n) is 14.1. The Balaban J connectivity index is 1.45. The number of amides is 1. The van der Waals surface area contributed by atoms with Crippen molar-refractivity contribution in [2.75, 3.05) is 26.9 Å². The second-order valence-corrected chi connectivity index (χ2v) is 14.1. The smallest absolute Gasteiger partial charge is 0.246 e. The van der Waals surface area contributed by atoms with Crippen LogP contribution >= 0.6 is 22.7 Å². The Hall–Kier alpha value is -3.77. The Morgan fingerprint density at radius 3 is 2.82 bits per heavy atom. The van der Waals surface area contributed by atoms with Gasteiger partial charge in [-0.15, -0.1) is 22.7 Å². The third kappa shape index (κ3) is 5.27. The van der Waals surface area contributed by atoms with Crippen molar-refractivity contribution in [1.82, 2.24) is 14.9 Å². The van der Waals surface area contributed by atoms with Gasteiger partial charge in [-0.25, -0.2) is 14.4 Å². The van der Waals surface area contributed by atoms with E-state index in [1.807, 2.05) is 11.4 Å². The van der Waals surface area contributed by atoms with Crippen LogP contribution in [0, 0.1) is 5.82 Å². The Morgan fingerprint density at radius 2 is 1.98 bits per heavy atom. The van der Waals surface area contributed by atoms with Crippen molar-refractivity contribution in [2.45, 2.75) is 24.5 Å². The fourth-order valence-corrected chi connectivity index (χ4v) is 9.19. The number of thiophene rings is 1. The number of rotatable bonds is 8. The van der Waals surface area contributed by atoms with Gasteiger partial charge >= 0.3 is 0 Å². The van der Waals surface area contributed by atoms with E-state index >= 15 is 0 Å². The van der Waals surface area contributed by atoms with Crippen LogP contribution in [0.25, 0.3) is 43.2 Å². The minimum absolute atomic E-state index is 0.103. The van der Waals surface area contributed by atoms with Crippen molar-refractivity contribution in [3.8, 4) is 38.8 Å². The molecule has 2 aliphatic heterocycles. The van der Waals surface area contributed by atoms with Crippen LogP contribution in [-0.4, -0.2) is 51.9 Å². The van der Waals surface area contributed by atoms with Crippen LogP contribution in [0.3, 0.4) is 0 Å². The van der Waals surface area contributed by atoms with Crippen LogP contribution in [0.4, 0.5) is 4.39 Å². The summed E-state index contributed by atoms with van der Waals surface area (Å²) in [6.07, 6.45) is 1.98. The van der Waals surface area contributed by atoms with E-state index in [0.29, 0.717) is 54.6 Å². The van der Waals surface area contributed by atoms with Crippen molar-refractivity contribution < 1.29 is 22.9 Å². The number of methoxy groups -OCH3 is 1. The van der Waals surface area contributed by atoms with Crippen LogP contribution in [0.15, 0.2) is 60.5 Å². The summed E-state index contributed by atoms with van der Waals surface area (Å²) < 4.78 is 39.1. The second kappa shape index (κ2) is 12.0. The standard InChI is InChI=1S/C33H28FN3O4S3/c1-3-28(38)37-10-8-25-27(16-37)43-33(35-25)31-29(23-7-6-22(34)15-26(23)41-12-11-40-2)32-24(9-13-42-32)30(36-31)19-4-5-20-17-44(39)18-21(20)14-19/h3-7,9,13-15H,1,8,10-12,16-18H2,2H3. The zero-order valence-electron chi connectivity index (χ0n) is 23.9. The highest BCUT2D eigenvalue weighted by Gasteiger charge is 2.28. The van der Waals surface area contributed by atoms with Crippen molar-refractivity contribution in [1.29, 1.82) is 0 Å². The summed E-state index contributed by atoms with van der Waals surface area (Å²) in [6, 6.07) is 12.8. The molecule has 2 aliphatic rings. The summed E-state index contributed by atoms with van der Waals surface area (Å²) in [4.78, 5) is 25.6. The molecule has 1 amide bonds. The van der Waals surface area contributed by atoms with Gasteiger partial charge in [0.15, 0.2) is 0 Å². The Labute approximate surface area is 264 Å². The molecule has 0 radical (unpaired) electrons. The molecule has 7 rings (SSSR count). The highest BCUT2D eigenvalue weighted by atomic mass is 32.2. The van der Waals surface area contributed by atoms with Crippen LogP contribution in [0.1, 0.15) is 21.7 Å². The number of thiazole rings is 1. The molecule has 0 saturated carbocycles. The predicted molar refractivity (Wildman–Crippen MR) is 174 cm³/mol. The SMILES string of the molecule is C=CC(=O)N1CCc2nc(-c3nc(-c4ccc5c(c4)CS(=O)C5)c4ccsc4c3-c3ccc(F)cc3OCCOC)sc2C1. The van der Waals surface area contributed by atoms with Crippen LogP contribution in [-0.2, 0) is 44.8 Å². The maximum atomic E-state index is 14.6. The zero-order chi connectivity index (χ0) is 30.4. The van der Waals surface area contributed by atoms with E-state index in [2.05, 4.69) is 24.8 Å².